The molecule has 0 aliphatic heterocycles. The van der Waals surface area contributed by atoms with Crippen molar-refractivity contribution < 1.29 is 0 Å². The number of anilines is 4. The lowest BCUT2D eigenvalue weighted by Gasteiger charge is -2.11. The first kappa shape index (κ1) is 18.0. The maximum atomic E-state index is 3.51. The Balaban J connectivity index is 1.33. The third-order valence-corrected chi connectivity index (χ3v) is 5.18. The predicted octanol–water partition coefficient (Wildman–Crippen LogP) is 7.99. The Kier molecular flexibility index (Phi) is 4.89. The summed E-state index contributed by atoms with van der Waals surface area (Å²) in [7, 11) is 0. The second kappa shape index (κ2) is 8.14. The van der Waals surface area contributed by atoms with Crippen LogP contribution >= 0.6 is 0 Å². The van der Waals surface area contributed by atoms with Crippen LogP contribution in [0.3, 0.4) is 0 Å². The zero-order valence-electron chi connectivity index (χ0n) is 16.5. The summed E-state index contributed by atoms with van der Waals surface area (Å²) in [5.41, 5.74) is 6.72. The van der Waals surface area contributed by atoms with Crippen molar-refractivity contribution in [3.8, 4) is 11.1 Å². The van der Waals surface area contributed by atoms with Crippen LogP contribution in [0.15, 0.2) is 121 Å². The van der Waals surface area contributed by atoms with Gasteiger partial charge in [0.05, 0.1) is 0 Å². The Morgan fingerprint density at radius 3 is 1.73 bits per heavy atom. The lowest BCUT2D eigenvalue weighted by molar-refractivity contribution is 1.53. The molecule has 0 fully saturated rings. The molecule has 0 saturated heterocycles. The van der Waals surface area contributed by atoms with Crippen LogP contribution in [0.25, 0.3) is 21.9 Å². The molecule has 5 aromatic carbocycles. The molecule has 0 heterocycles. The minimum Gasteiger partial charge on any atom is -0.356 e. The summed E-state index contributed by atoms with van der Waals surface area (Å²) in [5.74, 6) is 0. The Labute approximate surface area is 176 Å². The Hall–Kier alpha value is -4.04. The molecule has 0 aliphatic rings. The molecule has 0 aliphatic carbocycles. The normalized spacial score (nSPS) is 10.7. The number of para-hydroxylation sites is 1. The third kappa shape index (κ3) is 4.03. The van der Waals surface area contributed by atoms with E-state index in [1.165, 1.54) is 21.9 Å². The Morgan fingerprint density at radius 1 is 0.333 bits per heavy atom. The van der Waals surface area contributed by atoms with Gasteiger partial charge in [0.15, 0.2) is 0 Å². The fraction of sp³-hybridized carbons (Fsp3) is 0. The fourth-order valence-corrected chi connectivity index (χ4v) is 3.64. The van der Waals surface area contributed by atoms with Crippen molar-refractivity contribution in [1.82, 2.24) is 0 Å². The van der Waals surface area contributed by atoms with Gasteiger partial charge >= 0.3 is 0 Å². The monoisotopic (exact) mass is 386 g/mol. The summed E-state index contributed by atoms with van der Waals surface area (Å²) < 4.78 is 0. The van der Waals surface area contributed by atoms with Gasteiger partial charge in [-0.05, 0) is 70.4 Å². The highest BCUT2D eigenvalue weighted by Crippen LogP contribution is 2.27. The van der Waals surface area contributed by atoms with Gasteiger partial charge < -0.3 is 10.6 Å². The summed E-state index contributed by atoms with van der Waals surface area (Å²) in [4.78, 5) is 0. The SMILES string of the molecule is c1ccc(Nc2cccc(-c3ccc(Nc4ccc5ccccc5c4)cc3)c2)cc1. The zero-order chi connectivity index (χ0) is 20.2. The minimum atomic E-state index is 1.08. The largest absolute Gasteiger partial charge is 0.356 e. The molecule has 0 amide bonds. The Morgan fingerprint density at radius 2 is 0.933 bits per heavy atom. The van der Waals surface area contributed by atoms with Gasteiger partial charge in [0.25, 0.3) is 0 Å². The van der Waals surface area contributed by atoms with Crippen molar-refractivity contribution >= 4 is 33.5 Å². The van der Waals surface area contributed by atoms with Crippen LogP contribution in [0, 0.1) is 0 Å². The molecular formula is C28H22N2. The topological polar surface area (TPSA) is 24.1 Å². The molecule has 0 bridgehead atoms. The van der Waals surface area contributed by atoms with E-state index in [2.05, 4.69) is 114 Å². The van der Waals surface area contributed by atoms with E-state index in [9.17, 15) is 0 Å². The van der Waals surface area contributed by atoms with Crippen molar-refractivity contribution in [2.24, 2.45) is 0 Å². The van der Waals surface area contributed by atoms with E-state index in [-0.39, 0.29) is 0 Å². The van der Waals surface area contributed by atoms with Crippen LogP contribution in [0.4, 0.5) is 22.7 Å². The maximum absolute atomic E-state index is 3.51. The van der Waals surface area contributed by atoms with E-state index in [1.807, 2.05) is 18.2 Å². The van der Waals surface area contributed by atoms with Gasteiger partial charge in [0.2, 0.25) is 0 Å². The third-order valence-electron chi connectivity index (χ3n) is 5.18. The number of benzene rings is 5. The Bertz CT molecular complexity index is 1280. The summed E-state index contributed by atoms with van der Waals surface area (Å²) in [5, 5.41) is 9.46. The molecule has 5 rings (SSSR count). The molecule has 0 unspecified atom stereocenters. The predicted molar refractivity (Wildman–Crippen MR) is 129 cm³/mol. The molecular weight excluding hydrogens is 364 g/mol. The van der Waals surface area contributed by atoms with Crippen LogP contribution in [0.2, 0.25) is 0 Å². The molecule has 2 nitrogen and oxygen atoms in total. The van der Waals surface area contributed by atoms with Gasteiger partial charge in [0.1, 0.15) is 0 Å². The van der Waals surface area contributed by atoms with Gasteiger partial charge in [-0.2, -0.15) is 0 Å². The number of fused-ring (bicyclic) bond motifs is 1. The highest BCUT2D eigenvalue weighted by atomic mass is 14.9. The molecule has 2 heteroatoms. The highest BCUT2D eigenvalue weighted by Gasteiger charge is 2.02. The van der Waals surface area contributed by atoms with E-state index in [0.29, 0.717) is 0 Å². The number of hydrogen-bond acceptors (Lipinski definition) is 2. The standard InChI is InChI=1S/C28H22N2/c1-2-10-25(11-3-1)29-27-12-6-9-24(19-27)22-13-16-26(17-14-22)30-28-18-15-21-7-4-5-8-23(21)20-28/h1-20,29-30H. The minimum absolute atomic E-state index is 1.08. The fourth-order valence-electron chi connectivity index (χ4n) is 3.64. The average Bonchev–Trinajstić information content (AvgIpc) is 2.80. The quantitative estimate of drug-likeness (QED) is 0.320. The van der Waals surface area contributed by atoms with Crippen molar-refractivity contribution in [2.75, 3.05) is 10.6 Å². The summed E-state index contributed by atoms with van der Waals surface area (Å²) in [6, 6.07) is 42.2. The first-order valence-corrected chi connectivity index (χ1v) is 10.1. The van der Waals surface area contributed by atoms with Gasteiger partial charge in [-0.1, -0.05) is 72.8 Å². The highest BCUT2D eigenvalue weighted by molar-refractivity contribution is 5.86. The van der Waals surface area contributed by atoms with Gasteiger partial charge in [-0.25, -0.2) is 0 Å². The van der Waals surface area contributed by atoms with E-state index < -0.39 is 0 Å². The number of hydrogen-bond donors (Lipinski definition) is 2. The molecule has 0 aromatic heterocycles. The molecule has 5 aromatic rings. The molecule has 30 heavy (non-hydrogen) atoms. The molecule has 2 N–H and O–H groups in total. The second-order valence-electron chi connectivity index (χ2n) is 7.34. The van der Waals surface area contributed by atoms with Crippen LogP contribution in [0.1, 0.15) is 0 Å². The van der Waals surface area contributed by atoms with E-state index in [4.69, 9.17) is 0 Å². The maximum Gasteiger partial charge on any atom is 0.0390 e. The van der Waals surface area contributed by atoms with Crippen LogP contribution < -0.4 is 10.6 Å². The second-order valence-corrected chi connectivity index (χ2v) is 7.34. The van der Waals surface area contributed by atoms with Gasteiger partial charge in [0, 0.05) is 22.7 Å². The van der Waals surface area contributed by atoms with Gasteiger partial charge in [-0.3, -0.25) is 0 Å². The van der Waals surface area contributed by atoms with Crippen LogP contribution in [0.5, 0.6) is 0 Å². The van der Waals surface area contributed by atoms with E-state index >= 15 is 0 Å². The number of rotatable bonds is 5. The molecule has 0 saturated carbocycles. The van der Waals surface area contributed by atoms with Crippen molar-refractivity contribution in [3.63, 3.8) is 0 Å². The molecule has 0 radical (unpaired) electrons. The summed E-state index contributed by atoms with van der Waals surface area (Å²) in [6.45, 7) is 0. The average molecular weight is 386 g/mol. The zero-order valence-corrected chi connectivity index (χ0v) is 16.5. The molecule has 0 atom stereocenters. The summed E-state index contributed by atoms with van der Waals surface area (Å²) >= 11 is 0. The molecule has 0 spiro atoms. The van der Waals surface area contributed by atoms with Crippen molar-refractivity contribution in [2.45, 2.75) is 0 Å². The molecule has 144 valence electrons. The lowest BCUT2D eigenvalue weighted by atomic mass is 10.0. The number of nitrogens with one attached hydrogen (secondary N) is 2. The van der Waals surface area contributed by atoms with Crippen molar-refractivity contribution in [3.05, 3.63) is 121 Å². The van der Waals surface area contributed by atoms with Crippen molar-refractivity contribution in [1.29, 1.82) is 0 Å². The van der Waals surface area contributed by atoms with E-state index in [1.54, 1.807) is 0 Å². The smallest absolute Gasteiger partial charge is 0.0390 e. The first-order chi connectivity index (χ1) is 14.8. The van der Waals surface area contributed by atoms with Gasteiger partial charge in [-0.15, -0.1) is 0 Å². The van der Waals surface area contributed by atoms with Crippen LogP contribution in [-0.2, 0) is 0 Å². The van der Waals surface area contributed by atoms with Crippen LogP contribution in [-0.4, -0.2) is 0 Å². The summed E-state index contributed by atoms with van der Waals surface area (Å²) in [6.07, 6.45) is 0. The first-order valence-electron chi connectivity index (χ1n) is 10.1. The lowest BCUT2D eigenvalue weighted by Crippen LogP contribution is -1.91. The van der Waals surface area contributed by atoms with E-state index in [0.717, 1.165) is 22.7 Å².